The molecule has 2 aromatic rings. The molecular weight excluding hydrogens is 338 g/mol. The maximum atomic E-state index is 13.4. The molecule has 0 aliphatic rings. The molecule has 100 valence electrons. The van der Waals surface area contributed by atoms with Gasteiger partial charge < -0.3 is 5.11 Å². The molecule has 0 spiro atoms. The topological polar surface area (TPSA) is 20.2 Å². The lowest BCUT2D eigenvalue weighted by molar-refractivity contribution is 0.219. The third-order valence-corrected chi connectivity index (χ3v) is 3.80. The lowest BCUT2D eigenvalue weighted by atomic mass is 9.99. The summed E-state index contributed by atoms with van der Waals surface area (Å²) in [6.45, 7) is 1.57. The van der Waals surface area contributed by atoms with E-state index < -0.39 is 17.7 Å². The van der Waals surface area contributed by atoms with E-state index in [1.54, 1.807) is 13.0 Å². The summed E-state index contributed by atoms with van der Waals surface area (Å²) in [4.78, 5) is 0. The van der Waals surface area contributed by atoms with Gasteiger partial charge in [-0.25, -0.2) is 8.78 Å². The highest BCUT2D eigenvalue weighted by Crippen LogP contribution is 2.31. The molecule has 0 fully saturated rings. The van der Waals surface area contributed by atoms with Crippen LogP contribution in [-0.4, -0.2) is 5.11 Å². The fourth-order valence-electron chi connectivity index (χ4n) is 1.75. The molecule has 0 saturated heterocycles. The van der Waals surface area contributed by atoms with E-state index >= 15 is 0 Å². The number of aliphatic hydroxyl groups is 1. The molecule has 0 amide bonds. The minimum Gasteiger partial charge on any atom is -0.384 e. The zero-order valence-electron chi connectivity index (χ0n) is 9.92. The van der Waals surface area contributed by atoms with Crippen LogP contribution in [0.15, 0.2) is 34.8 Å². The van der Waals surface area contributed by atoms with E-state index in [4.69, 9.17) is 11.6 Å². The summed E-state index contributed by atoms with van der Waals surface area (Å²) in [7, 11) is 0. The van der Waals surface area contributed by atoms with Crippen LogP contribution in [0.1, 0.15) is 22.8 Å². The normalized spacial score (nSPS) is 12.5. The number of hydrogen-bond acceptors (Lipinski definition) is 1. The first-order valence-corrected chi connectivity index (χ1v) is 6.66. The molecule has 1 atom stereocenters. The summed E-state index contributed by atoms with van der Waals surface area (Å²) in [6.07, 6.45) is -1.10. The Kier molecular flexibility index (Phi) is 4.23. The highest BCUT2D eigenvalue weighted by molar-refractivity contribution is 9.10. The number of benzene rings is 2. The van der Waals surface area contributed by atoms with Crippen LogP contribution < -0.4 is 0 Å². The van der Waals surface area contributed by atoms with Crippen molar-refractivity contribution in [2.45, 2.75) is 13.0 Å². The fraction of sp³-hybridized carbons (Fsp3) is 0.143. The van der Waals surface area contributed by atoms with Crippen LogP contribution in [0.4, 0.5) is 8.78 Å². The van der Waals surface area contributed by atoms with Crippen molar-refractivity contribution in [1.29, 1.82) is 0 Å². The summed E-state index contributed by atoms with van der Waals surface area (Å²) in [5.74, 6) is -0.922. The molecule has 2 aromatic carbocycles. The zero-order valence-corrected chi connectivity index (χ0v) is 12.3. The number of hydrogen-bond donors (Lipinski definition) is 1. The monoisotopic (exact) mass is 346 g/mol. The van der Waals surface area contributed by atoms with Gasteiger partial charge in [-0.15, -0.1) is 0 Å². The second-order valence-corrected chi connectivity index (χ2v) is 5.46. The molecule has 0 radical (unpaired) electrons. The Hall–Kier alpha value is -0.970. The van der Waals surface area contributed by atoms with E-state index in [0.29, 0.717) is 21.2 Å². The van der Waals surface area contributed by atoms with Gasteiger partial charge in [-0.1, -0.05) is 17.7 Å². The van der Waals surface area contributed by atoms with Crippen molar-refractivity contribution in [2.75, 3.05) is 0 Å². The zero-order chi connectivity index (χ0) is 14.2. The standard InChI is InChI=1S/C14H10BrClF2O/c1-7-4-9(11(16)6-12(7)17)14(19)8-2-3-10(15)13(18)5-8/h2-6,14,19H,1H3. The Bertz CT molecular complexity index is 631. The van der Waals surface area contributed by atoms with Gasteiger partial charge in [-0.05, 0) is 58.2 Å². The summed E-state index contributed by atoms with van der Waals surface area (Å²) in [5.41, 5.74) is 1.08. The van der Waals surface area contributed by atoms with Gasteiger partial charge in [0.25, 0.3) is 0 Å². The van der Waals surface area contributed by atoms with Gasteiger partial charge in [0.1, 0.15) is 17.7 Å². The lowest BCUT2D eigenvalue weighted by Crippen LogP contribution is -2.02. The first-order valence-electron chi connectivity index (χ1n) is 5.48. The second kappa shape index (κ2) is 5.57. The van der Waals surface area contributed by atoms with Gasteiger partial charge in [-0.3, -0.25) is 0 Å². The summed E-state index contributed by atoms with van der Waals surface area (Å²) in [5, 5.41) is 10.3. The van der Waals surface area contributed by atoms with Gasteiger partial charge in [-0.2, -0.15) is 0 Å². The SMILES string of the molecule is Cc1cc(C(O)c2ccc(Br)c(F)c2)c(Cl)cc1F. The number of halogens is 4. The Morgan fingerprint density at radius 2 is 1.84 bits per heavy atom. The van der Waals surface area contributed by atoms with Gasteiger partial charge in [0.2, 0.25) is 0 Å². The molecule has 1 N–H and O–H groups in total. The van der Waals surface area contributed by atoms with Crippen LogP contribution in [0, 0.1) is 18.6 Å². The number of aliphatic hydroxyl groups excluding tert-OH is 1. The fourth-order valence-corrected chi connectivity index (χ4v) is 2.25. The van der Waals surface area contributed by atoms with Crippen molar-refractivity contribution in [1.82, 2.24) is 0 Å². The molecule has 0 saturated carbocycles. The van der Waals surface area contributed by atoms with Crippen molar-refractivity contribution in [3.63, 3.8) is 0 Å². The summed E-state index contributed by atoms with van der Waals surface area (Å²) >= 11 is 8.95. The second-order valence-electron chi connectivity index (χ2n) is 4.20. The highest BCUT2D eigenvalue weighted by atomic mass is 79.9. The van der Waals surface area contributed by atoms with E-state index in [2.05, 4.69) is 15.9 Å². The van der Waals surface area contributed by atoms with Crippen molar-refractivity contribution in [3.05, 3.63) is 68.2 Å². The van der Waals surface area contributed by atoms with E-state index in [0.717, 1.165) is 6.07 Å². The molecule has 0 bridgehead atoms. The first kappa shape index (κ1) is 14.4. The minimum absolute atomic E-state index is 0.110. The predicted octanol–water partition coefficient (Wildman–Crippen LogP) is 4.77. The molecule has 1 unspecified atom stereocenters. The van der Waals surface area contributed by atoms with Crippen molar-refractivity contribution < 1.29 is 13.9 Å². The van der Waals surface area contributed by atoms with E-state index in [9.17, 15) is 13.9 Å². The molecular formula is C14H10BrClF2O. The predicted molar refractivity (Wildman–Crippen MR) is 74.3 cm³/mol. The van der Waals surface area contributed by atoms with Crippen LogP contribution in [0.2, 0.25) is 5.02 Å². The van der Waals surface area contributed by atoms with Crippen LogP contribution >= 0.6 is 27.5 Å². The minimum atomic E-state index is -1.10. The average Bonchev–Trinajstić information content (AvgIpc) is 2.36. The molecule has 0 heterocycles. The maximum Gasteiger partial charge on any atom is 0.137 e. The van der Waals surface area contributed by atoms with Crippen molar-refractivity contribution in [2.24, 2.45) is 0 Å². The van der Waals surface area contributed by atoms with Gasteiger partial charge in [0, 0.05) is 10.6 Å². The van der Waals surface area contributed by atoms with Crippen LogP contribution in [0.5, 0.6) is 0 Å². The van der Waals surface area contributed by atoms with Crippen LogP contribution in [0.25, 0.3) is 0 Å². The van der Waals surface area contributed by atoms with Gasteiger partial charge >= 0.3 is 0 Å². The quantitative estimate of drug-likeness (QED) is 0.829. The molecule has 2 rings (SSSR count). The van der Waals surface area contributed by atoms with Gasteiger partial charge in [0.05, 0.1) is 4.47 Å². The molecule has 0 aliphatic carbocycles. The van der Waals surface area contributed by atoms with Crippen molar-refractivity contribution in [3.8, 4) is 0 Å². The smallest absolute Gasteiger partial charge is 0.137 e. The molecule has 5 heteroatoms. The largest absolute Gasteiger partial charge is 0.384 e. The third-order valence-electron chi connectivity index (χ3n) is 2.83. The van der Waals surface area contributed by atoms with E-state index in [1.165, 1.54) is 18.2 Å². The molecule has 0 aromatic heterocycles. The summed E-state index contributed by atoms with van der Waals surface area (Å²) < 4.78 is 27.1. The Morgan fingerprint density at radius 1 is 1.16 bits per heavy atom. The van der Waals surface area contributed by atoms with Gasteiger partial charge in [0.15, 0.2) is 0 Å². The Labute approximate surface area is 123 Å². The Balaban J connectivity index is 2.46. The highest BCUT2D eigenvalue weighted by Gasteiger charge is 2.17. The number of aryl methyl sites for hydroxylation is 1. The van der Waals surface area contributed by atoms with Crippen LogP contribution in [-0.2, 0) is 0 Å². The Morgan fingerprint density at radius 3 is 2.47 bits per heavy atom. The van der Waals surface area contributed by atoms with Crippen LogP contribution in [0.3, 0.4) is 0 Å². The van der Waals surface area contributed by atoms with E-state index in [1.807, 2.05) is 0 Å². The van der Waals surface area contributed by atoms with Crippen molar-refractivity contribution >= 4 is 27.5 Å². The maximum absolute atomic E-state index is 13.4. The lowest BCUT2D eigenvalue weighted by Gasteiger charge is -2.15. The first-order chi connectivity index (χ1) is 8.90. The number of rotatable bonds is 2. The average molecular weight is 348 g/mol. The van der Waals surface area contributed by atoms with E-state index in [-0.39, 0.29) is 5.02 Å². The molecule has 1 nitrogen and oxygen atoms in total. The molecule has 0 aliphatic heterocycles. The molecule has 19 heavy (non-hydrogen) atoms. The third kappa shape index (κ3) is 2.96. The summed E-state index contributed by atoms with van der Waals surface area (Å²) in [6, 6.07) is 6.89.